The van der Waals surface area contributed by atoms with Gasteiger partial charge in [0.1, 0.15) is 4.90 Å². The highest BCUT2D eigenvalue weighted by Crippen LogP contribution is 2.31. The quantitative estimate of drug-likeness (QED) is 0.758. The maximum Gasteiger partial charge on any atom is 0.244 e. The molecular formula is C16H14Cl3NO3S. The fourth-order valence-electron chi connectivity index (χ4n) is 2.60. The number of ether oxygens (including phenoxy) is 1. The summed E-state index contributed by atoms with van der Waals surface area (Å²) in [5.74, 6) is 0. The summed E-state index contributed by atoms with van der Waals surface area (Å²) in [5.41, 5.74) is 0.742. The average Bonchev–Trinajstić information content (AvgIpc) is 2.54. The molecule has 1 fully saturated rings. The standard InChI is InChI=1S/C16H14Cl3NO3S/c17-12-7-11(8-13(18)9-12)15-10-20(5-6-23-15)24(21,22)16-4-2-1-3-14(16)19/h1-4,7-9,15H,5-6,10H2. The molecule has 1 unspecified atom stereocenters. The van der Waals surface area contributed by atoms with Crippen LogP contribution in [0.2, 0.25) is 15.1 Å². The molecule has 1 aliphatic heterocycles. The second-order valence-corrected chi connectivity index (χ2v) is 8.54. The van der Waals surface area contributed by atoms with Gasteiger partial charge in [0, 0.05) is 23.1 Å². The highest BCUT2D eigenvalue weighted by molar-refractivity contribution is 7.89. The van der Waals surface area contributed by atoms with Crippen molar-refractivity contribution >= 4 is 44.8 Å². The highest BCUT2D eigenvalue weighted by atomic mass is 35.5. The van der Waals surface area contributed by atoms with Crippen molar-refractivity contribution in [1.29, 1.82) is 0 Å². The Kier molecular flexibility index (Phi) is 5.39. The van der Waals surface area contributed by atoms with Crippen LogP contribution in [0.4, 0.5) is 0 Å². The number of halogens is 3. The van der Waals surface area contributed by atoms with Crippen LogP contribution in [0, 0.1) is 0 Å². The topological polar surface area (TPSA) is 46.6 Å². The number of hydrogen-bond acceptors (Lipinski definition) is 3. The number of morpholine rings is 1. The lowest BCUT2D eigenvalue weighted by Crippen LogP contribution is -2.42. The van der Waals surface area contributed by atoms with Crippen LogP contribution in [-0.2, 0) is 14.8 Å². The number of sulfonamides is 1. The Morgan fingerprint density at radius 1 is 1.04 bits per heavy atom. The molecule has 0 radical (unpaired) electrons. The zero-order chi connectivity index (χ0) is 17.3. The largest absolute Gasteiger partial charge is 0.371 e. The van der Waals surface area contributed by atoms with Crippen LogP contribution in [0.25, 0.3) is 0 Å². The van der Waals surface area contributed by atoms with E-state index in [0.29, 0.717) is 10.0 Å². The normalized spacial score (nSPS) is 19.4. The Hall–Kier alpha value is -0.820. The van der Waals surface area contributed by atoms with E-state index < -0.39 is 16.1 Å². The van der Waals surface area contributed by atoms with E-state index in [9.17, 15) is 8.42 Å². The Bertz CT molecular complexity index is 837. The molecule has 128 valence electrons. The molecule has 4 nitrogen and oxygen atoms in total. The predicted molar refractivity (Wildman–Crippen MR) is 95.4 cm³/mol. The van der Waals surface area contributed by atoms with Gasteiger partial charge in [0.2, 0.25) is 10.0 Å². The fraction of sp³-hybridized carbons (Fsp3) is 0.250. The first-order chi connectivity index (χ1) is 11.4. The van der Waals surface area contributed by atoms with Crippen molar-refractivity contribution in [1.82, 2.24) is 4.31 Å². The van der Waals surface area contributed by atoms with Crippen molar-refractivity contribution in [3.05, 3.63) is 63.1 Å². The summed E-state index contributed by atoms with van der Waals surface area (Å²) in [5, 5.41) is 1.16. The van der Waals surface area contributed by atoms with Crippen LogP contribution in [0.15, 0.2) is 47.4 Å². The van der Waals surface area contributed by atoms with Gasteiger partial charge < -0.3 is 4.74 Å². The minimum atomic E-state index is -3.70. The van der Waals surface area contributed by atoms with Gasteiger partial charge in [-0.1, -0.05) is 46.9 Å². The molecule has 8 heteroatoms. The predicted octanol–water partition coefficient (Wildman–Crippen LogP) is 4.41. The Balaban J connectivity index is 1.89. The lowest BCUT2D eigenvalue weighted by molar-refractivity contribution is -0.00254. The molecule has 1 saturated heterocycles. The van der Waals surface area contributed by atoms with Crippen molar-refractivity contribution in [2.45, 2.75) is 11.0 Å². The smallest absolute Gasteiger partial charge is 0.244 e. The van der Waals surface area contributed by atoms with Gasteiger partial charge in [-0.3, -0.25) is 0 Å². The van der Waals surface area contributed by atoms with E-state index >= 15 is 0 Å². The van der Waals surface area contributed by atoms with Gasteiger partial charge in [0.05, 0.1) is 17.7 Å². The lowest BCUT2D eigenvalue weighted by Gasteiger charge is -2.32. The van der Waals surface area contributed by atoms with E-state index in [1.165, 1.54) is 10.4 Å². The molecule has 2 aromatic carbocycles. The fourth-order valence-corrected chi connectivity index (χ4v) is 5.06. The molecule has 1 heterocycles. The maximum atomic E-state index is 12.9. The molecule has 0 saturated carbocycles. The molecule has 0 amide bonds. The van der Waals surface area contributed by atoms with Gasteiger partial charge in [-0.2, -0.15) is 4.31 Å². The minimum Gasteiger partial charge on any atom is -0.371 e. The van der Waals surface area contributed by atoms with Crippen LogP contribution in [0.1, 0.15) is 11.7 Å². The van der Waals surface area contributed by atoms with Crippen molar-refractivity contribution in [2.75, 3.05) is 19.7 Å². The summed E-state index contributed by atoms with van der Waals surface area (Å²) in [7, 11) is -3.70. The monoisotopic (exact) mass is 405 g/mol. The lowest BCUT2D eigenvalue weighted by atomic mass is 10.1. The Morgan fingerprint density at radius 3 is 2.38 bits per heavy atom. The maximum absolute atomic E-state index is 12.9. The van der Waals surface area contributed by atoms with Crippen LogP contribution in [0.3, 0.4) is 0 Å². The van der Waals surface area contributed by atoms with Gasteiger partial charge in [-0.15, -0.1) is 0 Å². The number of hydrogen-bond donors (Lipinski definition) is 0. The van der Waals surface area contributed by atoms with Crippen molar-refractivity contribution in [2.24, 2.45) is 0 Å². The van der Waals surface area contributed by atoms with Gasteiger partial charge in [-0.05, 0) is 35.9 Å². The molecular weight excluding hydrogens is 393 g/mol. The summed E-state index contributed by atoms with van der Waals surface area (Å²) in [6, 6.07) is 11.5. The minimum absolute atomic E-state index is 0.0939. The number of benzene rings is 2. The zero-order valence-corrected chi connectivity index (χ0v) is 15.5. The third kappa shape index (κ3) is 3.72. The summed E-state index contributed by atoms with van der Waals surface area (Å²) in [6.45, 7) is 0.709. The number of rotatable bonds is 3. The van der Waals surface area contributed by atoms with Gasteiger partial charge >= 0.3 is 0 Å². The Morgan fingerprint density at radius 2 is 1.71 bits per heavy atom. The van der Waals surface area contributed by atoms with Gasteiger partial charge in [0.15, 0.2) is 0 Å². The average molecular weight is 407 g/mol. The summed E-state index contributed by atoms with van der Waals surface area (Å²) in [6.07, 6.45) is -0.438. The van der Waals surface area contributed by atoms with E-state index in [2.05, 4.69) is 0 Å². The summed E-state index contributed by atoms with van der Waals surface area (Å²) in [4.78, 5) is 0.0939. The third-order valence-corrected chi connectivity index (χ3v) is 6.54. The molecule has 1 aliphatic rings. The molecule has 0 bridgehead atoms. The van der Waals surface area contributed by atoms with Crippen molar-refractivity contribution < 1.29 is 13.2 Å². The second-order valence-electron chi connectivity index (χ2n) is 5.36. The molecule has 3 rings (SSSR count). The molecule has 0 aromatic heterocycles. The van der Waals surface area contributed by atoms with Crippen LogP contribution >= 0.6 is 34.8 Å². The van der Waals surface area contributed by atoms with E-state index in [4.69, 9.17) is 39.5 Å². The van der Waals surface area contributed by atoms with Crippen LogP contribution in [0.5, 0.6) is 0 Å². The van der Waals surface area contributed by atoms with E-state index in [1.807, 2.05) is 0 Å². The van der Waals surface area contributed by atoms with Gasteiger partial charge in [-0.25, -0.2) is 8.42 Å². The van der Waals surface area contributed by atoms with Crippen LogP contribution in [-0.4, -0.2) is 32.4 Å². The zero-order valence-electron chi connectivity index (χ0n) is 12.5. The second kappa shape index (κ2) is 7.20. The van der Waals surface area contributed by atoms with Crippen molar-refractivity contribution in [3.63, 3.8) is 0 Å². The molecule has 0 aliphatic carbocycles. The molecule has 2 aromatic rings. The highest BCUT2D eigenvalue weighted by Gasteiger charge is 2.32. The SMILES string of the molecule is O=S(=O)(c1ccccc1Cl)N1CCOC(c2cc(Cl)cc(Cl)c2)C1. The Labute approximate surface area is 155 Å². The van der Waals surface area contributed by atoms with E-state index in [-0.39, 0.29) is 29.6 Å². The first-order valence-electron chi connectivity index (χ1n) is 7.20. The molecule has 24 heavy (non-hydrogen) atoms. The number of nitrogens with zero attached hydrogens (tertiary/aromatic N) is 1. The van der Waals surface area contributed by atoms with Gasteiger partial charge in [0.25, 0.3) is 0 Å². The van der Waals surface area contributed by atoms with E-state index in [0.717, 1.165) is 5.56 Å². The van der Waals surface area contributed by atoms with E-state index in [1.54, 1.807) is 36.4 Å². The summed E-state index contributed by atoms with van der Waals surface area (Å²) < 4.78 is 32.8. The first-order valence-corrected chi connectivity index (χ1v) is 9.77. The van der Waals surface area contributed by atoms with Crippen molar-refractivity contribution in [3.8, 4) is 0 Å². The summed E-state index contributed by atoms with van der Waals surface area (Å²) >= 11 is 18.1. The third-order valence-electron chi connectivity index (χ3n) is 3.74. The molecule has 0 spiro atoms. The van der Waals surface area contributed by atoms with Crippen LogP contribution < -0.4 is 0 Å². The molecule has 1 atom stereocenters. The molecule has 0 N–H and O–H groups in total. The first kappa shape index (κ1) is 18.0.